The van der Waals surface area contributed by atoms with Gasteiger partial charge in [-0.05, 0) is 63.2 Å². The van der Waals surface area contributed by atoms with E-state index in [4.69, 9.17) is 0 Å². The van der Waals surface area contributed by atoms with Crippen molar-refractivity contribution in [3.8, 4) is 0 Å². The van der Waals surface area contributed by atoms with Crippen LogP contribution in [-0.2, 0) is 4.79 Å². The molecule has 0 aromatic carbocycles. The van der Waals surface area contributed by atoms with E-state index in [1.165, 1.54) is 12.8 Å². The first-order valence-electron chi connectivity index (χ1n) is 8.84. The second-order valence-electron chi connectivity index (χ2n) is 6.61. The molecule has 3 rings (SSSR count). The Morgan fingerprint density at radius 1 is 1.35 bits per heavy atom. The molecule has 2 aliphatic heterocycles. The molecule has 2 aliphatic rings. The van der Waals surface area contributed by atoms with Crippen molar-refractivity contribution in [2.45, 2.75) is 44.6 Å². The lowest BCUT2D eigenvalue weighted by Gasteiger charge is -2.25. The lowest BCUT2D eigenvalue weighted by Crippen LogP contribution is -2.40. The minimum absolute atomic E-state index is 0.189. The quantitative estimate of drug-likeness (QED) is 0.828. The zero-order valence-corrected chi connectivity index (χ0v) is 13.7. The SMILES string of the molecule is O=C(CCC1CCNCC1)NCC1CCCN1c1cccnn1. The first-order chi connectivity index (χ1) is 11.3. The van der Waals surface area contributed by atoms with Gasteiger partial charge in [0.15, 0.2) is 5.82 Å². The molecule has 23 heavy (non-hydrogen) atoms. The minimum Gasteiger partial charge on any atom is -0.354 e. The van der Waals surface area contributed by atoms with Crippen molar-refractivity contribution in [1.29, 1.82) is 0 Å². The number of carbonyl (C=O) groups excluding carboxylic acids is 1. The third-order valence-electron chi connectivity index (χ3n) is 5.00. The molecule has 2 fully saturated rings. The highest BCUT2D eigenvalue weighted by atomic mass is 16.1. The maximum Gasteiger partial charge on any atom is 0.220 e. The maximum atomic E-state index is 12.1. The highest BCUT2D eigenvalue weighted by molar-refractivity contribution is 5.75. The molecule has 126 valence electrons. The second-order valence-corrected chi connectivity index (χ2v) is 6.61. The third kappa shape index (κ3) is 4.64. The molecule has 3 heterocycles. The predicted octanol–water partition coefficient (Wildman–Crippen LogP) is 1.34. The minimum atomic E-state index is 0.189. The van der Waals surface area contributed by atoms with Crippen LogP contribution in [-0.4, -0.2) is 48.3 Å². The topological polar surface area (TPSA) is 70.2 Å². The van der Waals surface area contributed by atoms with Gasteiger partial charge in [-0.3, -0.25) is 4.79 Å². The molecular weight excluding hydrogens is 290 g/mol. The van der Waals surface area contributed by atoms with Crippen LogP contribution in [0.25, 0.3) is 0 Å². The summed E-state index contributed by atoms with van der Waals surface area (Å²) in [4.78, 5) is 14.4. The summed E-state index contributed by atoms with van der Waals surface area (Å²) in [5.41, 5.74) is 0. The van der Waals surface area contributed by atoms with Crippen molar-refractivity contribution in [2.24, 2.45) is 5.92 Å². The molecular formula is C17H27N5O. The lowest BCUT2D eigenvalue weighted by molar-refractivity contribution is -0.121. The average molecular weight is 317 g/mol. The average Bonchev–Trinajstić information content (AvgIpc) is 3.08. The van der Waals surface area contributed by atoms with Crippen LogP contribution in [0.1, 0.15) is 38.5 Å². The summed E-state index contributed by atoms with van der Waals surface area (Å²) in [7, 11) is 0. The molecule has 2 saturated heterocycles. The fourth-order valence-corrected chi connectivity index (χ4v) is 3.62. The van der Waals surface area contributed by atoms with Gasteiger partial charge < -0.3 is 15.5 Å². The summed E-state index contributed by atoms with van der Waals surface area (Å²) in [5, 5.41) is 14.6. The van der Waals surface area contributed by atoms with E-state index in [-0.39, 0.29) is 5.91 Å². The van der Waals surface area contributed by atoms with Gasteiger partial charge in [0.2, 0.25) is 5.91 Å². The fourth-order valence-electron chi connectivity index (χ4n) is 3.62. The van der Waals surface area contributed by atoms with E-state index in [1.54, 1.807) is 6.20 Å². The molecule has 2 N–H and O–H groups in total. The smallest absolute Gasteiger partial charge is 0.220 e. The summed E-state index contributed by atoms with van der Waals surface area (Å²) >= 11 is 0. The van der Waals surface area contributed by atoms with Gasteiger partial charge in [-0.15, -0.1) is 5.10 Å². The maximum absolute atomic E-state index is 12.1. The predicted molar refractivity (Wildman–Crippen MR) is 90.2 cm³/mol. The number of rotatable bonds is 6. The van der Waals surface area contributed by atoms with Crippen molar-refractivity contribution >= 4 is 11.7 Å². The molecule has 6 heteroatoms. The highest BCUT2D eigenvalue weighted by Crippen LogP contribution is 2.22. The first kappa shape index (κ1) is 16.2. The summed E-state index contributed by atoms with van der Waals surface area (Å²) in [6.45, 7) is 3.90. The lowest BCUT2D eigenvalue weighted by atomic mass is 9.93. The second kappa shape index (κ2) is 8.24. The molecule has 1 aromatic rings. The highest BCUT2D eigenvalue weighted by Gasteiger charge is 2.26. The van der Waals surface area contributed by atoms with Crippen LogP contribution >= 0.6 is 0 Å². The molecule has 1 amide bonds. The fraction of sp³-hybridized carbons (Fsp3) is 0.706. The first-order valence-corrected chi connectivity index (χ1v) is 8.84. The van der Waals surface area contributed by atoms with Gasteiger partial charge in [-0.2, -0.15) is 5.10 Å². The number of hydrogen-bond donors (Lipinski definition) is 2. The van der Waals surface area contributed by atoms with Gasteiger partial charge in [-0.25, -0.2) is 0 Å². The summed E-state index contributed by atoms with van der Waals surface area (Å²) < 4.78 is 0. The van der Waals surface area contributed by atoms with Gasteiger partial charge in [0.1, 0.15) is 0 Å². The largest absolute Gasteiger partial charge is 0.354 e. The van der Waals surface area contributed by atoms with E-state index < -0.39 is 0 Å². The molecule has 1 aromatic heterocycles. The normalized spacial score (nSPS) is 22.3. The van der Waals surface area contributed by atoms with E-state index in [0.717, 1.165) is 44.7 Å². The molecule has 1 atom stereocenters. The van der Waals surface area contributed by atoms with Gasteiger partial charge in [-0.1, -0.05) is 0 Å². The number of hydrogen-bond acceptors (Lipinski definition) is 5. The standard InChI is InChI=1S/C17H27N5O/c23-17(6-5-14-7-10-18-11-8-14)19-13-15-3-2-12-22(15)16-4-1-9-20-21-16/h1,4,9,14-15,18H,2-3,5-8,10-13H2,(H,19,23). The molecule has 0 spiro atoms. The van der Waals surface area contributed by atoms with Gasteiger partial charge in [0.25, 0.3) is 0 Å². The number of nitrogens with zero attached hydrogens (tertiary/aromatic N) is 3. The van der Waals surface area contributed by atoms with Crippen molar-refractivity contribution in [3.05, 3.63) is 18.3 Å². The third-order valence-corrected chi connectivity index (χ3v) is 5.00. The number of carbonyl (C=O) groups is 1. The van der Waals surface area contributed by atoms with Gasteiger partial charge >= 0.3 is 0 Å². The Kier molecular flexibility index (Phi) is 5.80. The Labute approximate surface area is 138 Å². The van der Waals surface area contributed by atoms with E-state index >= 15 is 0 Å². The Bertz CT molecular complexity index is 489. The van der Waals surface area contributed by atoms with Crippen LogP contribution in [0, 0.1) is 5.92 Å². The van der Waals surface area contributed by atoms with E-state index in [9.17, 15) is 4.79 Å². The van der Waals surface area contributed by atoms with Gasteiger partial charge in [0, 0.05) is 31.7 Å². The molecule has 0 bridgehead atoms. The summed E-state index contributed by atoms with van der Waals surface area (Å²) in [6, 6.07) is 4.24. The molecule has 0 aliphatic carbocycles. The van der Waals surface area contributed by atoms with Crippen LogP contribution in [0.2, 0.25) is 0 Å². The molecule has 6 nitrogen and oxygen atoms in total. The Morgan fingerprint density at radius 2 is 2.22 bits per heavy atom. The van der Waals surface area contributed by atoms with E-state index in [1.807, 2.05) is 12.1 Å². The van der Waals surface area contributed by atoms with Crippen LogP contribution in [0.3, 0.4) is 0 Å². The zero-order valence-electron chi connectivity index (χ0n) is 13.7. The van der Waals surface area contributed by atoms with Crippen LogP contribution < -0.4 is 15.5 Å². The molecule has 1 unspecified atom stereocenters. The van der Waals surface area contributed by atoms with Crippen molar-refractivity contribution in [1.82, 2.24) is 20.8 Å². The van der Waals surface area contributed by atoms with Crippen molar-refractivity contribution in [3.63, 3.8) is 0 Å². The molecule has 0 saturated carbocycles. The van der Waals surface area contributed by atoms with Crippen molar-refractivity contribution in [2.75, 3.05) is 31.1 Å². The Hall–Kier alpha value is -1.69. The monoisotopic (exact) mass is 317 g/mol. The number of amides is 1. The van der Waals surface area contributed by atoms with Crippen LogP contribution in [0.4, 0.5) is 5.82 Å². The van der Waals surface area contributed by atoms with E-state index in [0.29, 0.717) is 24.9 Å². The summed E-state index contributed by atoms with van der Waals surface area (Å²) in [5.74, 6) is 1.82. The number of anilines is 1. The number of nitrogens with one attached hydrogen (secondary N) is 2. The summed E-state index contributed by atoms with van der Waals surface area (Å²) in [6.07, 6.45) is 8.02. The molecule has 0 radical (unpaired) electrons. The number of piperidine rings is 1. The van der Waals surface area contributed by atoms with E-state index in [2.05, 4.69) is 25.7 Å². The Balaban J connectivity index is 1.41. The zero-order chi connectivity index (χ0) is 15.9. The van der Waals surface area contributed by atoms with Crippen LogP contribution in [0.15, 0.2) is 18.3 Å². The van der Waals surface area contributed by atoms with Crippen molar-refractivity contribution < 1.29 is 4.79 Å². The van der Waals surface area contributed by atoms with Crippen LogP contribution in [0.5, 0.6) is 0 Å². The Morgan fingerprint density at radius 3 is 3.00 bits per heavy atom. The van der Waals surface area contributed by atoms with Gasteiger partial charge in [0.05, 0.1) is 0 Å². The number of aromatic nitrogens is 2.